The molecular formula is C113H218B14N16O. The molecule has 19 fully saturated rings. The van der Waals surface area contributed by atoms with Gasteiger partial charge in [-0.1, -0.05) is 199 Å². The van der Waals surface area contributed by atoms with Gasteiger partial charge in [-0.15, -0.1) is 0 Å². The predicted octanol–water partition coefficient (Wildman–Crippen LogP) is 18.9. The molecule has 15 heterocycles. The lowest BCUT2D eigenvalue weighted by atomic mass is 9.78. The van der Waals surface area contributed by atoms with E-state index in [0.717, 1.165) is 263 Å². The van der Waals surface area contributed by atoms with Gasteiger partial charge < -0.3 is 72.1 Å². The Morgan fingerprint density at radius 1 is 0.160 bits per heavy atom. The number of ether oxygens (including phenoxy) is 1. The maximum absolute atomic E-state index is 5.84. The molecule has 20 rings (SSSR count). The molecule has 28 radical (unpaired) electrons. The molecule has 0 bridgehead atoms. The highest BCUT2D eigenvalue weighted by Crippen LogP contribution is 2.34. The molecule has 15 saturated heterocycles. The van der Waals surface area contributed by atoms with Crippen LogP contribution in [0.5, 0.6) is 0 Å². The molecule has 144 heavy (non-hydrogen) atoms. The monoisotopic (exact) mass is 1970 g/mol. The van der Waals surface area contributed by atoms with Crippen LogP contribution in [0.1, 0.15) is 413 Å². The molecule has 0 amide bonds. The zero-order valence-corrected chi connectivity index (χ0v) is 96.6. The number of nitrogens with zero attached hydrogens (tertiary/aromatic N) is 16. The van der Waals surface area contributed by atoms with Gasteiger partial charge in [0, 0.05) is 38.3 Å². The van der Waals surface area contributed by atoms with Gasteiger partial charge in [-0.25, -0.2) is 0 Å². The molecule has 0 aromatic heterocycles. The molecule has 19 aliphatic rings. The van der Waals surface area contributed by atoms with E-state index in [9.17, 15) is 0 Å². The van der Waals surface area contributed by atoms with Crippen LogP contribution in [0, 0.1) is 62.2 Å². The fourth-order valence-corrected chi connectivity index (χ4v) is 22.5. The van der Waals surface area contributed by atoms with E-state index >= 15 is 0 Å². The maximum atomic E-state index is 5.84. The number of hydrogen-bond donors (Lipinski definition) is 0. The third kappa shape index (κ3) is 81.1. The van der Waals surface area contributed by atoms with E-state index in [1.807, 2.05) is 67.4 Å². The fraction of sp³-hybridized carbons (Fsp3) is 0.947. The van der Waals surface area contributed by atoms with E-state index in [1.54, 1.807) is 0 Å². The van der Waals surface area contributed by atoms with E-state index in [-0.39, 0.29) is 0 Å². The Bertz CT molecular complexity index is 2400. The topological polar surface area (TPSA) is 61.1 Å². The van der Waals surface area contributed by atoms with Crippen LogP contribution >= 0.6 is 0 Å². The molecule has 15 aliphatic heterocycles. The third-order valence-corrected chi connectivity index (χ3v) is 31.6. The second-order valence-electron chi connectivity index (χ2n) is 47.2. The van der Waals surface area contributed by atoms with Gasteiger partial charge in [-0.2, -0.15) is 0 Å². The SMILES string of the molecule is CC1CC(C)CC(C)C1.CC1CCC(C)C1.CC1CCC(C)CC1.CC1CCC(C)O1.Cc1cc(C)cc(C)c1.[B]N1CCCCC1.[B]N1CCCCC1.[B]N1CCCCC1.[B]N1CCCCC1.[B]N1CCCCC1.[B]N1CCCCC1.[B]N1CCCCC1.[B]N1CCCCC1.[B]N1CCCCC1.[B]N1CCCCC1.[B]N1CCCCC1.[B]N1CCCCC1.[B]N1CCN(C2CCC(N3CCN([B])CC3)CC2)CC1. The summed E-state index contributed by atoms with van der Waals surface area (Å²) in [5.41, 5.74) is 4.06. The Labute approximate surface area is 914 Å². The summed E-state index contributed by atoms with van der Waals surface area (Å²) in [5.74, 6) is 7.05. The molecule has 4 atom stereocenters. The highest BCUT2D eigenvalue weighted by atomic mass is 16.5. The molecule has 4 unspecified atom stereocenters. The van der Waals surface area contributed by atoms with Crippen molar-refractivity contribution in [2.45, 2.75) is 441 Å². The molecule has 4 saturated carbocycles. The Kier molecular flexibility index (Phi) is 86.5. The van der Waals surface area contributed by atoms with Crippen molar-refractivity contribution in [1.29, 1.82) is 0 Å². The van der Waals surface area contributed by atoms with Gasteiger partial charge in [0.1, 0.15) is 0 Å². The van der Waals surface area contributed by atoms with Gasteiger partial charge in [0.15, 0.2) is 112 Å². The minimum absolute atomic E-state index is 0.523. The summed E-state index contributed by atoms with van der Waals surface area (Å²) in [6.45, 7) is 62.3. The highest BCUT2D eigenvalue weighted by molar-refractivity contribution is 6.07. The van der Waals surface area contributed by atoms with Crippen LogP contribution in [-0.2, 0) is 4.74 Å². The van der Waals surface area contributed by atoms with E-state index < -0.39 is 0 Å². The number of piperidine rings is 12. The fourth-order valence-electron chi connectivity index (χ4n) is 22.5. The Morgan fingerprint density at radius 3 is 0.403 bits per heavy atom. The predicted molar refractivity (Wildman–Crippen MR) is 638 cm³/mol. The van der Waals surface area contributed by atoms with Crippen molar-refractivity contribution in [3.63, 3.8) is 0 Å². The molecule has 17 nitrogen and oxygen atoms in total. The number of benzene rings is 1. The van der Waals surface area contributed by atoms with Gasteiger partial charge >= 0.3 is 0 Å². The lowest BCUT2D eigenvalue weighted by Gasteiger charge is -2.45. The summed E-state index contributed by atoms with van der Waals surface area (Å²) >= 11 is 0. The standard InChI is InChI=1S/C14H26B2N4.C9H18.C9H12.C8H16.C7H14.C6H12O.12C5H10BN/c15-19-9-5-17(6-10-19)13-1-2-14(4-3-13)18-7-11-20(16)12-8-18;2*1-7-4-8(2)6-9(3)5-7;1-7-3-5-8(2)6-4-7;1-6-3-4-7(2)5-6;1-5-3-4-6(2)7-5;12*6-7-4-2-1-3-5-7/h13-14H,1-12H2;7-9H,4-6H2,1-3H3;4-6H,1-3H3;7-8H,3-6H2,1-2H3;6-7H,3-5H2,1-2H3;5-6H,3-4H2,1-2H3;12*1-5H2. The first-order chi connectivity index (χ1) is 69.2. The molecule has 0 spiro atoms. The van der Waals surface area contributed by atoms with Crippen molar-refractivity contribution in [2.75, 3.05) is 209 Å². The smallest absolute Gasteiger partial charge is 0.182 e. The second kappa shape index (κ2) is 90.5. The number of hydrogen-bond acceptors (Lipinski definition) is 17. The maximum Gasteiger partial charge on any atom is 0.182 e. The number of rotatable bonds is 2. The summed E-state index contributed by atoms with van der Waals surface area (Å²) in [7, 11) is 77.3. The molecule has 0 N–H and O–H groups in total. The third-order valence-electron chi connectivity index (χ3n) is 31.6. The van der Waals surface area contributed by atoms with Crippen LogP contribution < -0.4 is 0 Å². The van der Waals surface area contributed by atoms with Crippen molar-refractivity contribution in [1.82, 2.24) is 77.2 Å². The van der Waals surface area contributed by atoms with E-state index in [2.05, 4.69) is 111 Å². The molecule has 798 valence electrons. The van der Waals surface area contributed by atoms with Gasteiger partial charge in [0.05, 0.1) is 12.2 Å². The molecule has 31 heteroatoms. The van der Waals surface area contributed by atoms with E-state index in [4.69, 9.17) is 116 Å². The summed E-state index contributed by atoms with van der Waals surface area (Å²) in [5, 5.41) is 0. The van der Waals surface area contributed by atoms with Gasteiger partial charge in [-0.3, -0.25) is 9.80 Å². The Balaban J connectivity index is 0.000000396. The minimum Gasteiger partial charge on any atom is -0.376 e. The largest absolute Gasteiger partial charge is 0.376 e. The molecular weight excluding hydrogens is 1750 g/mol. The summed E-state index contributed by atoms with van der Waals surface area (Å²) < 4.78 is 5.36. The zero-order valence-electron chi connectivity index (χ0n) is 96.6. The van der Waals surface area contributed by atoms with Crippen molar-refractivity contribution in [2.24, 2.45) is 41.4 Å². The lowest BCUT2D eigenvalue weighted by Crippen LogP contribution is -2.53. The Morgan fingerprint density at radius 2 is 0.292 bits per heavy atom. The van der Waals surface area contributed by atoms with Crippen LogP contribution in [0.3, 0.4) is 0 Å². The second-order valence-corrected chi connectivity index (χ2v) is 47.2. The quantitative estimate of drug-likeness (QED) is 0.264. The van der Waals surface area contributed by atoms with Crippen LogP contribution in [0.25, 0.3) is 0 Å². The summed E-state index contributed by atoms with van der Waals surface area (Å²) in [6, 6.07) is 8.17. The van der Waals surface area contributed by atoms with Crippen molar-refractivity contribution < 1.29 is 4.74 Å². The van der Waals surface area contributed by atoms with Gasteiger partial charge in [0.2, 0.25) is 0 Å². The summed E-state index contributed by atoms with van der Waals surface area (Å²) in [6.07, 6.45) is 71.0. The Hall–Kier alpha value is -0.551. The van der Waals surface area contributed by atoms with Crippen LogP contribution in [0.4, 0.5) is 0 Å². The first-order valence-electron chi connectivity index (χ1n) is 60.3. The van der Waals surface area contributed by atoms with Crippen LogP contribution in [0.15, 0.2) is 18.2 Å². The van der Waals surface area contributed by atoms with Crippen molar-refractivity contribution in [3.05, 3.63) is 34.9 Å². The number of piperazine rings is 2. The van der Waals surface area contributed by atoms with Gasteiger partial charge in [-0.05, 0) is 478 Å². The highest BCUT2D eigenvalue weighted by Gasteiger charge is 2.32. The first-order valence-corrected chi connectivity index (χ1v) is 60.3. The average molecular weight is 1970 g/mol. The lowest BCUT2D eigenvalue weighted by molar-refractivity contribution is 0.0618. The van der Waals surface area contributed by atoms with Crippen LogP contribution in [-0.4, -0.2) is 423 Å². The van der Waals surface area contributed by atoms with Gasteiger partial charge in [0.25, 0.3) is 0 Å². The van der Waals surface area contributed by atoms with E-state index in [0.29, 0.717) is 12.2 Å². The normalized spacial score (nSPS) is 29.4. The molecule has 1 aromatic rings. The summed E-state index contributed by atoms with van der Waals surface area (Å²) in [4.78, 5) is 31.9. The zero-order chi connectivity index (χ0) is 106. The molecule has 1 aromatic carbocycles. The van der Waals surface area contributed by atoms with E-state index in [1.165, 1.54) is 351 Å². The average Bonchev–Trinajstić information content (AvgIpc) is 0.884. The number of aryl methyl sites for hydroxylation is 3. The van der Waals surface area contributed by atoms with Crippen molar-refractivity contribution >= 4 is 112 Å². The first kappa shape index (κ1) is 138. The minimum atomic E-state index is 0.523. The molecule has 4 aliphatic carbocycles. The van der Waals surface area contributed by atoms with Crippen molar-refractivity contribution in [3.8, 4) is 0 Å². The van der Waals surface area contributed by atoms with Crippen LogP contribution in [0.2, 0.25) is 0 Å².